The zero-order valence-electron chi connectivity index (χ0n) is 19.2. The summed E-state index contributed by atoms with van der Waals surface area (Å²) in [4.78, 5) is 25.1. The minimum absolute atomic E-state index is 0.0482. The molecule has 32 heavy (non-hydrogen) atoms. The quantitative estimate of drug-likeness (QED) is 0.719. The van der Waals surface area contributed by atoms with Gasteiger partial charge >= 0.3 is 0 Å². The van der Waals surface area contributed by atoms with Crippen molar-refractivity contribution in [2.45, 2.75) is 38.5 Å². The second-order valence-electron chi connectivity index (χ2n) is 9.26. The average molecular weight is 444 g/mol. The molecule has 2 unspecified atom stereocenters. The van der Waals surface area contributed by atoms with E-state index in [0.717, 1.165) is 49.8 Å². The van der Waals surface area contributed by atoms with Gasteiger partial charge in [0, 0.05) is 67.8 Å². The highest BCUT2D eigenvalue weighted by atomic mass is 19.1. The monoisotopic (exact) mass is 443 g/mol. The first-order valence-electron chi connectivity index (χ1n) is 11.7. The number of amides is 2. The first kappa shape index (κ1) is 22.8. The van der Waals surface area contributed by atoms with Crippen LogP contribution in [0.25, 0.3) is 10.9 Å². The van der Waals surface area contributed by atoms with E-state index in [1.165, 1.54) is 11.3 Å². The Morgan fingerprint density at radius 3 is 2.69 bits per heavy atom. The standard InChI is InChI=1S/C25H34FN3O3/c1-15(24(30)28-9-8-26)19-13-18(16-6-10-32-11-7-16)14-21-20-12-17(25(31)27-2)4-5-22(20)29(3)23(19)21/h4-5,12,15-16,18-19H,6-11,13-14H2,1-3H3,(H,27,31)(H,28,30)/t15-,18?,19?/m1/s1. The van der Waals surface area contributed by atoms with Crippen molar-refractivity contribution in [2.75, 3.05) is 33.5 Å². The predicted molar refractivity (Wildman–Crippen MR) is 123 cm³/mol. The number of aryl methyl sites for hydroxylation is 1. The van der Waals surface area contributed by atoms with Crippen LogP contribution in [0.15, 0.2) is 18.2 Å². The second kappa shape index (κ2) is 9.61. The molecule has 1 saturated heterocycles. The molecular formula is C25H34FN3O3. The average Bonchev–Trinajstić information content (AvgIpc) is 3.12. The van der Waals surface area contributed by atoms with E-state index in [1.807, 2.05) is 25.1 Å². The molecule has 1 aliphatic carbocycles. The molecule has 1 aromatic heterocycles. The summed E-state index contributed by atoms with van der Waals surface area (Å²) < 4.78 is 20.5. The Hall–Kier alpha value is -2.41. The summed E-state index contributed by atoms with van der Waals surface area (Å²) >= 11 is 0. The van der Waals surface area contributed by atoms with Gasteiger partial charge in [0.25, 0.3) is 5.91 Å². The summed E-state index contributed by atoms with van der Waals surface area (Å²) in [6.07, 6.45) is 3.98. The molecule has 0 bridgehead atoms. The van der Waals surface area contributed by atoms with Crippen LogP contribution in [0.2, 0.25) is 0 Å². The maximum absolute atomic E-state index is 12.8. The van der Waals surface area contributed by atoms with E-state index in [2.05, 4.69) is 22.2 Å². The minimum atomic E-state index is -0.560. The van der Waals surface area contributed by atoms with Crippen molar-refractivity contribution in [3.63, 3.8) is 0 Å². The largest absolute Gasteiger partial charge is 0.381 e. The van der Waals surface area contributed by atoms with Gasteiger partial charge < -0.3 is 19.9 Å². The molecule has 6 nitrogen and oxygen atoms in total. The molecule has 2 amide bonds. The van der Waals surface area contributed by atoms with Crippen molar-refractivity contribution >= 4 is 22.7 Å². The lowest BCUT2D eigenvalue weighted by molar-refractivity contribution is -0.125. The number of nitrogens with one attached hydrogen (secondary N) is 2. The van der Waals surface area contributed by atoms with Crippen molar-refractivity contribution in [1.29, 1.82) is 0 Å². The molecule has 2 aliphatic rings. The Kier molecular flexibility index (Phi) is 6.84. The third-order valence-electron chi connectivity index (χ3n) is 7.56. The molecule has 0 saturated carbocycles. The maximum Gasteiger partial charge on any atom is 0.251 e. The third kappa shape index (κ3) is 4.15. The molecule has 2 heterocycles. The summed E-state index contributed by atoms with van der Waals surface area (Å²) in [5.74, 6) is 0.621. The van der Waals surface area contributed by atoms with Gasteiger partial charge in [-0.25, -0.2) is 4.39 Å². The Balaban J connectivity index is 1.79. The van der Waals surface area contributed by atoms with Gasteiger partial charge in [-0.3, -0.25) is 9.59 Å². The molecule has 2 aromatic rings. The fourth-order valence-corrected chi connectivity index (χ4v) is 5.80. The predicted octanol–water partition coefficient (Wildman–Crippen LogP) is 3.33. The highest BCUT2D eigenvalue weighted by Gasteiger charge is 2.39. The van der Waals surface area contributed by atoms with Gasteiger partial charge in [-0.05, 0) is 61.3 Å². The van der Waals surface area contributed by atoms with E-state index in [0.29, 0.717) is 17.4 Å². The highest BCUT2D eigenvalue weighted by Crippen LogP contribution is 2.47. The number of rotatable bonds is 6. The molecule has 4 rings (SSSR count). The van der Waals surface area contributed by atoms with Crippen LogP contribution in [0.5, 0.6) is 0 Å². The highest BCUT2D eigenvalue weighted by molar-refractivity contribution is 5.99. The van der Waals surface area contributed by atoms with Crippen LogP contribution < -0.4 is 10.6 Å². The molecule has 3 atom stereocenters. The van der Waals surface area contributed by atoms with Gasteiger partial charge in [0.15, 0.2) is 0 Å². The van der Waals surface area contributed by atoms with E-state index in [1.54, 1.807) is 7.05 Å². The molecule has 1 aliphatic heterocycles. The van der Waals surface area contributed by atoms with E-state index < -0.39 is 6.67 Å². The molecule has 174 valence electrons. The van der Waals surface area contributed by atoms with Crippen LogP contribution in [0.1, 0.15) is 53.7 Å². The fraction of sp³-hybridized carbons (Fsp3) is 0.600. The maximum atomic E-state index is 12.8. The number of alkyl halides is 1. The number of fused-ring (bicyclic) bond motifs is 3. The lowest BCUT2D eigenvalue weighted by Crippen LogP contribution is -2.38. The lowest BCUT2D eigenvalue weighted by atomic mass is 9.68. The first-order valence-corrected chi connectivity index (χ1v) is 11.7. The van der Waals surface area contributed by atoms with Crippen molar-refractivity contribution in [1.82, 2.24) is 15.2 Å². The summed E-state index contributed by atoms with van der Waals surface area (Å²) in [6, 6.07) is 5.85. The molecule has 1 fully saturated rings. The van der Waals surface area contributed by atoms with Crippen LogP contribution >= 0.6 is 0 Å². The minimum Gasteiger partial charge on any atom is -0.381 e. The first-order chi connectivity index (χ1) is 15.5. The van der Waals surface area contributed by atoms with Crippen LogP contribution in [0.3, 0.4) is 0 Å². The van der Waals surface area contributed by atoms with Crippen molar-refractivity contribution < 1.29 is 18.7 Å². The van der Waals surface area contributed by atoms with Gasteiger partial charge in [-0.1, -0.05) is 6.92 Å². The van der Waals surface area contributed by atoms with E-state index in [-0.39, 0.29) is 30.2 Å². The van der Waals surface area contributed by atoms with Crippen molar-refractivity contribution in [3.8, 4) is 0 Å². The normalized spacial score (nSPS) is 22.4. The van der Waals surface area contributed by atoms with E-state index in [9.17, 15) is 14.0 Å². The van der Waals surface area contributed by atoms with Crippen molar-refractivity contribution in [3.05, 3.63) is 35.0 Å². The number of carbonyl (C=O) groups is 2. The van der Waals surface area contributed by atoms with Crippen LogP contribution in [-0.4, -0.2) is 49.9 Å². The summed E-state index contributed by atoms with van der Waals surface area (Å²) in [6.45, 7) is 3.04. The topological polar surface area (TPSA) is 72.4 Å². The number of ether oxygens (including phenoxy) is 1. The Labute approximate surface area is 188 Å². The Bertz CT molecular complexity index is 996. The number of nitrogens with zero attached hydrogens (tertiary/aromatic N) is 1. The zero-order valence-corrected chi connectivity index (χ0v) is 19.2. The zero-order chi connectivity index (χ0) is 22.8. The molecule has 1 aromatic carbocycles. The number of hydrogen-bond acceptors (Lipinski definition) is 3. The third-order valence-corrected chi connectivity index (χ3v) is 7.56. The number of hydrogen-bond donors (Lipinski definition) is 2. The van der Waals surface area contributed by atoms with Crippen LogP contribution in [-0.2, 0) is 23.0 Å². The molecular weight excluding hydrogens is 409 g/mol. The molecule has 0 spiro atoms. The van der Waals surface area contributed by atoms with Crippen LogP contribution in [0, 0.1) is 17.8 Å². The number of carbonyl (C=O) groups excluding carboxylic acids is 2. The lowest BCUT2D eigenvalue weighted by Gasteiger charge is -2.39. The Morgan fingerprint density at radius 2 is 2.00 bits per heavy atom. The van der Waals surface area contributed by atoms with Crippen molar-refractivity contribution in [2.24, 2.45) is 24.8 Å². The van der Waals surface area contributed by atoms with Gasteiger partial charge in [-0.2, -0.15) is 0 Å². The smallest absolute Gasteiger partial charge is 0.251 e. The molecule has 2 N–H and O–H groups in total. The summed E-state index contributed by atoms with van der Waals surface area (Å²) in [5.41, 5.74) is 4.16. The second-order valence-corrected chi connectivity index (χ2v) is 9.26. The van der Waals surface area contributed by atoms with Gasteiger partial charge in [-0.15, -0.1) is 0 Å². The summed E-state index contributed by atoms with van der Waals surface area (Å²) in [7, 11) is 3.69. The Morgan fingerprint density at radius 1 is 1.25 bits per heavy atom. The SMILES string of the molecule is CNC(=O)c1ccc2c(c1)c1c(n2C)C([C@@H](C)C(=O)NCCF)CC(C2CCOCC2)C1. The number of halogens is 1. The molecule has 0 radical (unpaired) electrons. The van der Waals surface area contributed by atoms with Gasteiger partial charge in [0.1, 0.15) is 6.67 Å². The summed E-state index contributed by atoms with van der Waals surface area (Å²) in [5, 5.41) is 6.55. The molecule has 7 heteroatoms. The van der Waals surface area contributed by atoms with E-state index >= 15 is 0 Å². The van der Waals surface area contributed by atoms with Gasteiger partial charge in [0.2, 0.25) is 5.91 Å². The van der Waals surface area contributed by atoms with E-state index in [4.69, 9.17) is 4.74 Å². The van der Waals surface area contributed by atoms with Gasteiger partial charge in [0.05, 0.1) is 0 Å². The fourth-order valence-electron chi connectivity index (χ4n) is 5.80. The number of benzene rings is 1. The van der Waals surface area contributed by atoms with Crippen LogP contribution in [0.4, 0.5) is 4.39 Å². The number of aromatic nitrogens is 1.